The summed E-state index contributed by atoms with van der Waals surface area (Å²) in [4.78, 5) is 14.0. The molecule has 112 valence electrons. The van der Waals surface area contributed by atoms with Crippen molar-refractivity contribution in [2.45, 2.75) is 45.1 Å². The fourth-order valence-corrected chi connectivity index (χ4v) is 2.94. The van der Waals surface area contributed by atoms with Crippen molar-refractivity contribution >= 4 is 11.7 Å². The summed E-state index contributed by atoms with van der Waals surface area (Å²) in [5, 5.41) is 0. The lowest BCUT2D eigenvalue weighted by Crippen LogP contribution is -2.47. The van der Waals surface area contributed by atoms with Gasteiger partial charge in [0.1, 0.15) is 0 Å². The van der Waals surface area contributed by atoms with Crippen LogP contribution in [0.2, 0.25) is 0 Å². The van der Waals surface area contributed by atoms with Crippen molar-refractivity contribution in [1.29, 1.82) is 0 Å². The molecule has 0 aliphatic carbocycles. The van der Waals surface area contributed by atoms with Crippen LogP contribution in [0.5, 0.6) is 0 Å². The molecular formula is C18H23NO2. The average molecular weight is 285 g/mol. The van der Waals surface area contributed by atoms with Gasteiger partial charge in [-0.3, -0.25) is 4.79 Å². The van der Waals surface area contributed by atoms with Crippen LogP contribution in [0.15, 0.2) is 18.2 Å². The summed E-state index contributed by atoms with van der Waals surface area (Å²) in [5.74, 6) is 2.31. The van der Waals surface area contributed by atoms with E-state index in [1.165, 1.54) is 18.4 Å². The van der Waals surface area contributed by atoms with Crippen molar-refractivity contribution in [2.75, 3.05) is 18.6 Å². The summed E-state index contributed by atoms with van der Waals surface area (Å²) in [6.45, 7) is 6.92. The molecule has 1 unspecified atom stereocenters. The molecule has 1 atom stereocenters. The quantitative estimate of drug-likeness (QED) is 0.631. The molecule has 0 aromatic heterocycles. The number of esters is 1. The Hall–Kier alpha value is -1.95. The van der Waals surface area contributed by atoms with Gasteiger partial charge in [-0.2, -0.15) is 0 Å². The largest absolute Gasteiger partial charge is 0.469 e. The highest BCUT2D eigenvalue weighted by atomic mass is 16.5. The molecule has 3 heteroatoms. The van der Waals surface area contributed by atoms with Gasteiger partial charge in [0.2, 0.25) is 0 Å². The highest BCUT2D eigenvalue weighted by Gasteiger charge is 2.32. The summed E-state index contributed by atoms with van der Waals surface area (Å²) >= 11 is 0. The van der Waals surface area contributed by atoms with Crippen LogP contribution in [0.4, 0.5) is 5.69 Å². The summed E-state index contributed by atoms with van der Waals surface area (Å²) in [6.07, 6.45) is 7.58. The summed E-state index contributed by atoms with van der Waals surface area (Å²) in [7, 11) is 1.43. The Labute approximate surface area is 127 Å². The van der Waals surface area contributed by atoms with Gasteiger partial charge < -0.3 is 9.64 Å². The summed E-state index contributed by atoms with van der Waals surface area (Å²) in [6, 6.07) is 6.21. The third-order valence-electron chi connectivity index (χ3n) is 4.44. The highest BCUT2D eigenvalue weighted by Crippen LogP contribution is 2.37. The first-order chi connectivity index (χ1) is 9.90. The topological polar surface area (TPSA) is 29.5 Å². The first-order valence-corrected chi connectivity index (χ1v) is 7.32. The number of fused-ring (bicyclic) bond motifs is 1. The van der Waals surface area contributed by atoms with Gasteiger partial charge in [0.05, 0.1) is 19.6 Å². The molecule has 1 aromatic rings. The van der Waals surface area contributed by atoms with E-state index in [4.69, 9.17) is 11.2 Å². The van der Waals surface area contributed by atoms with Gasteiger partial charge >= 0.3 is 5.97 Å². The number of benzene rings is 1. The number of terminal acetylenes is 1. The first kappa shape index (κ1) is 15.4. The molecule has 1 aromatic carbocycles. The number of carbonyl (C=O) groups excluding carboxylic acids is 1. The molecule has 1 heterocycles. The summed E-state index contributed by atoms with van der Waals surface area (Å²) in [5.41, 5.74) is 3.51. The molecule has 0 spiro atoms. The minimum Gasteiger partial charge on any atom is -0.469 e. The van der Waals surface area contributed by atoms with Crippen LogP contribution >= 0.6 is 0 Å². The van der Waals surface area contributed by atoms with Crippen LogP contribution in [-0.4, -0.2) is 25.2 Å². The van der Waals surface area contributed by atoms with Gasteiger partial charge in [0.25, 0.3) is 0 Å². The Morgan fingerprint density at radius 1 is 1.52 bits per heavy atom. The Balaban J connectivity index is 2.38. The van der Waals surface area contributed by atoms with Crippen LogP contribution in [-0.2, 0) is 16.0 Å². The molecule has 0 bridgehead atoms. The normalized spacial score (nSPS) is 17.6. The predicted octanol–water partition coefficient (Wildman–Crippen LogP) is 3.13. The zero-order valence-corrected chi connectivity index (χ0v) is 13.3. The lowest BCUT2D eigenvalue weighted by atomic mass is 9.85. The zero-order valence-electron chi connectivity index (χ0n) is 13.3. The van der Waals surface area contributed by atoms with Gasteiger partial charge in [-0.1, -0.05) is 18.1 Å². The lowest BCUT2D eigenvalue weighted by Gasteiger charge is -2.44. The third kappa shape index (κ3) is 2.90. The number of anilines is 1. The van der Waals surface area contributed by atoms with Crippen molar-refractivity contribution in [3.8, 4) is 12.3 Å². The Kier molecular flexibility index (Phi) is 4.27. The van der Waals surface area contributed by atoms with Crippen molar-refractivity contribution in [3.05, 3.63) is 29.3 Å². The standard InChI is InChI=1S/C18H23NO2/c1-6-11-19-16-8-7-14(13(2)17(20)21-5)12-15(16)9-10-18(19,3)4/h1,7-8,12-13H,9-11H2,2-5H3. The molecular weight excluding hydrogens is 262 g/mol. The number of aryl methyl sites for hydroxylation is 1. The van der Waals surface area contributed by atoms with E-state index >= 15 is 0 Å². The van der Waals surface area contributed by atoms with Gasteiger partial charge in [-0.25, -0.2) is 0 Å². The molecule has 0 fully saturated rings. The van der Waals surface area contributed by atoms with Gasteiger partial charge in [-0.15, -0.1) is 6.42 Å². The van der Waals surface area contributed by atoms with E-state index in [1.54, 1.807) is 0 Å². The van der Waals surface area contributed by atoms with E-state index in [0.29, 0.717) is 6.54 Å². The van der Waals surface area contributed by atoms with E-state index < -0.39 is 0 Å². The molecule has 0 radical (unpaired) electrons. The Bertz CT molecular complexity index is 583. The smallest absolute Gasteiger partial charge is 0.312 e. The number of methoxy groups -OCH3 is 1. The molecule has 1 aliphatic rings. The van der Waals surface area contributed by atoms with Crippen LogP contribution < -0.4 is 4.90 Å². The van der Waals surface area contributed by atoms with Crippen molar-refractivity contribution in [1.82, 2.24) is 0 Å². The minimum absolute atomic E-state index is 0.0643. The van der Waals surface area contributed by atoms with Gasteiger partial charge in [0.15, 0.2) is 0 Å². The second kappa shape index (κ2) is 5.81. The Morgan fingerprint density at radius 3 is 2.86 bits per heavy atom. The van der Waals surface area contributed by atoms with Crippen molar-refractivity contribution in [2.24, 2.45) is 0 Å². The van der Waals surface area contributed by atoms with Gasteiger partial charge in [0, 0.05) is 11.2 Å². The van der Waals surface area contributed by atoms with E-state index in [2.05, 4.69) is 36.8 Å². The number of ether oxygens (including phenoxy) is 1. The molecule has 3 nitrogen and oxygen atoms in total. The molecule has 0 N–H and O–H groups in total. The van der Waals surface area contributed by atoms with E-state index in [0.717, 1.165) is 18.4 Å². The van der Waals surface area contributed by atoms with Crippen LogP contribution in [0.1, 0.15) is 44.2 Å². The zero-order chi connectivity index (χ0) is 15.6. The lowest BCUT2D eigenvalue weighted by molar-refractivity contribution is -0.141. The first-order valence-electron chi connectivity index (χ1n) is 7.32. The SMILES string of the molecule is C#CCN1c2ccc(C(C)C(=O)OC)cc2CCC1(C)C. The number of hydrogen-bond acceptors (Lipinski definition) is 3. The highest BCUT2D eigenvalue weighted by molar-refractivity contribution is 5.78. The van der Waals surface area contributed by atoms with E-state index in [1.807, 2.05) is 13.0 Å². The van der Waals surface area contributed by atoms with Crippen LogP contribution in [0.25, 0.3) is 0 Å². The molecule has 21 heavy (non-hydrogen) atoms. The maximum absolute atomic E-state index is 11.7. The minimum atomic E-state index is -0.240. The number of hydrogen-bond donors (Lipinski definition) is 0. The second-order valence-electron chi connectivity index (χ2n) is 6.24. The average Bonchev–Trinajstić information content (AvgIpc) is 2.48. The molecule has 1 aliphatic heterocycles. The number of nitrogens with zero attached hydrogens (tertiary/aromatic N) is 1. The maximum atomic E-state index is 11.7. The van der Waals surface area contributed by atoms with Gasteiger partial charge in [-0.05, 0) is 50.8 Å². The second-order valence-corrected chi connectivity index (χ2v) is 6.24. The van der Waals surface area contributed by atoms with Crippen LogP contribution in [0, 0.1) is 12.3 Å². The van der Waals surface area contributed by atoms with E-state index in [9.17, 15) is 4.79 Å². The fraction of sp³-hybridized carbons (Fsp3) is 0.500. The van der Waals surface area contributed by atoms with Crippen LogP contribution in [0.3, 0.4) is 0 Å². The monoisotopic (exact) mass is 285 g/mol. The number of carbonyl (C=O) groups is 1. The number of rotatable bonds is 3. The molecule has 2 rings (SSSR count). The summed E-state index contributed by atoms with van der Waals surface area (Å²) < 4.78 is 4.83. The third-order valence-corrected chi connectivity index (χ3v) is 4.44. The van der Waals surface area contributed by atoms with Crippen molar-refractivity contribution in [3.63, 3.8) is 0 Å². The maximum Gasteiger partial charge on any atom is 0.312 e. The fourth-order valence-electron chi connectivity index (χ4n) is 2.94. The van der Waals surface area contributed by atoms with Crippen molar-refractivity contribution < 1.29 is 9.53 Å². The van der Waals surface area contributed by atoms with E-state index in [-0.39, 0.29) is 17.4 Å². The predicted molar refractivity (Wildman–Crippen MR) is 85.5 cm³/mol. The molecule has 0 amide bonds. The molecule has 0 saturated carbocycles. The Morgan fingerprint density at radius 2 is 2.24 bits per heavy atom. The molecule has 0 saturated heterocycles.